The van der Waals surface area contributed by atoms with Crippen molar-refractivity contribution in [2.24, 2.45) is 0 Å². The highest BCUT2D eigenvalue weighted by atomic mass is 32.1. The minimum absolute atomic E-state index is 0.283. The number of ether oxygens (including phenoxy) is 1. The molecule has 1 fully saturated rings. The summed E-state index contributed by atoms with van der Waals surface area (Å²) in [4.78, 5) is 29.1. The zero-order chi connectivity index (χ0) is 20.3. The third-order valence-corrected chi connectivity index (χ3v) is 6.95. The van der Waals surface area contributed by atoms with Crippen molar-refractivity contribution in [1.29, 1.82) is 0 Å². The largest absolute Gasteiger partial charge is 0.494 e. The van der Waals surface area contributed by atoms with Gasteiger partial charge in [0.15, 0.2) is 5.75 Å². The number of nitrogens with one attached hydrogen (secondary N) is 2. The number of carbonyl (C=O) groups is 1. The van der Waals surface area contributed by atoms with Crippen molar-refractivity contribution in [1.82, 2.24) is 10.3 Å². The predicted molar refractivity (Wildman–Crippen MR) is 110 cm³/mol. The number of thiophene rings is 1. The second-order valence-electron chi connectivity index (χ2n) is 7.55. The van der Waals surface area contributed by atoms with Crippen LogP contribution in [0.2, 0.25) is 0 Å². The van der Waals surface area contributed by atoms with Crippen LogP contribution < -0.4 is 15.5 Å². The van der Waals surface area contributed by atoms with Crippen molar-refractivity contribution in [3.63, 3.8) is 0 Å². The molecule has 150 valence electrons. The van der Waals surface area contributed by atoms with Gasteiger partial charge in [-0.05, 0) is 42.0 Å². The number of aromatic nitrogens is 1. The molecule has 3 aromatic rings. The molecule has 1 atom stereocenters. The first kappa shape index (κ1) is 18.4. The third-order valence-electron chi connectivity index (χ3n) is 5.66. The molecular weight excluding hydrogens is 392 g/mol. The quantitative estimate of drug-likeness (QED) is 0.524. The number of carboxylic acid groups (broad SMARTS) is 1. The summed E-state index contributed by atoms with van der Waals surface area (Å²) in [7, 11) is 1.56. The number of aliphatic hydroxyl groups excluding tert-OH is 1. The van der Waals surface area contributed by atoms with Crippen LogP contribution in [-0.4, -0.2) is 34.8 Å². The number of aliphatic hydroxyl groups is 1. The van der Waals surface area contributed by atoms with Crippen LogP contribution in [-0.2, 0) is 6.54 Å². The fourth-order valence-electron chi connectivity index (χ4n) is 4.11. The monoisotopic (exact) mass is 412 g/mol. The lowest BCUT2D eigenvalue weighted by molar-refractivity contribution is 0.0695. The van der Waals surface area contributed by atoms with Gasteiger partial charge in [-0.15, -0.1) is 11.3 Å². The zero-order valence-corrected chi connectivity index (χ0v) is 16.6. The van der Waals surface area contributed by atoms with E-state index in [1.54, 1.807) is 18.4 Å². The second-order valence-corrected chi connectivity index (χ2v) is 8.64. The topological polar surface area (TPSA) is 112 Å². The smallest absolute Gasteiger partial charge is 0.341 e. The van der Waals surface area contributed by atoms with Gasteiger partial charge in [0.05, 0.1) is 18.0 Å². The van der Waals surface area contributed by atoms with E-state index in [1.807, 2.05) is 6.07 Å². The first-order valence-electron chi connectivity index (χ1n) is 9.51. The van der Waals surface area contributed by atoms with Gasteiger partial charge in [0.1, 0.15) is 11.7 Å². The first-order valence-corrected chi connectivity index (χ1v) is 10.3. The summed E-state index contributed by atoms with van der Waals surface area (Å²) in [5.41, 5.74) is 2.70. The van der Waals surface area contributed by atoms with Crippen LogP contribution in [0.1, 0.15) is 51.2 Å². The molecule has 4 N–H and O–H groups in total. The molecule has 1 unspecified atom stereocenters. The maximum absolute atomic E-state index is 12.8. The average Bonchev–Trinajstić information content (AvgIpc) is 3.45. The zero-order valence-electron chi connectivity index (χ0n) is 15.7. The molecule has 1 aliphatic carbocycles. The van der Waals surface area contributed by atoms with E-state index in [0.29, 0.717) is 35.7 Å². The van der Waals surface area contributed by atoms with Crippen molar-refractivity contribution < 1.29 is 19.7 Å². The summed E-state index contributed by atoms with van der Waals surface area (Å²) in [6.07, 6.45) is 2.73. The molecule has 29 heavy (non-hydrogen) atoms. The maximum atomic E-state index is 12.8. The number of rotatable bonds is 4. The Kier molecular flexibility index (Phi) is 4.23. The van der Waals surface area contributed by atoms with Crippen molar-refractivity contribution >= 4 is 28.2 Å². The van der Waals surface area contributed by atoms with E-state index in [0.717, 1.165) is 39.3 Å². The van der Waals surface area contributed by atoms with E-state index < -0.39 is 17.5 Å². The molecule has 3 heterocycles. The van der Waals surface area contributed by atoms with Crippen LogP contribution in [0, 0.1) is 0 Å². The molecule has 0 spiro atoms. The Bertz CT molecular complexity index is 1210. The fraction of sp³-hybridized carbons (Fsp3) is 0.333. The molecule has 0 amide bonds. The summed E-state index contributed by atoms with van der Waals surface area (Å²) in [5.74, 6) is -0.394. The number of carboxylic acids is 1. The van der Waals surface area contributed by atoms with Crippen LogP contribution in [0.3, 0.4) is 0 Å². The highest BCUT2D eigenvalue weighted by molar-refractivity contribution is 7.15. The van der Waals surface area contributed by atoms with Crippen molar-refractivity contribution in [3.05, 3.63) is 50.1 Å². The summed E-state index contributed by atoms with van der Waals surface area (Å²) < 4.78 is 5.76. The highest BCUT2D eigenvalue weighted by Crippen LogP contribution is 2.51. The number of pyridine rings is 1. The van der Waals surface area contributed by atoms with Gasteiger partial charge in [-0.2, -0.15) is 0 Å². The lowest BCUT2D eigenvalue weighted by atomic mass is 9.96. The summed E-state index contributed by atoms with van der Waals surface area (Å²) in [6, 6.07) is 3.90. The standard InChI is InChI=1S/C21H20N2O5S/c1-28-19-16(15-4-10-6-22-8-14(24)20(10)29-15)11(9-2-3-9)5-12-17(19)23-7-13(18(12)25)21(26)27/h4-5,7,9,14,22,24H,2-3,6,8H2,1H3,(H,23,25)(H,26,27). The molecule has 1 saturated carbocycles. The lowest BCUT2D eigenvalue weighted by Gasteiger charge is -2.17. The van der Waals surface area contributed by atoms with E-state index in [-0.39, 0.29) is 5.56 Å². The molecular formula is C21H20N2O5S. The number of β-amino-alcohol motifs (C(OH)–C–C–N with tert-alkyl or cyclic N) is 1. The van der Waals surface area contributed by atoms with Crippen LogP contribution in [0.5, 0.6) is 5.75 Å². The molecule has 2 aliphatic rings. The lowest BCUT2D eigenvalue weighted by Crippen LogP contribution is -2.26. The molecule has 8 heteroatoms. The van der Waals surface area contributed by atoms with E-state index >= 15 is 0 Å². The molecule has 1 aliphatic heterocycles. The number of hydrogen-bond acceptors (Lipinski definition) is 6. The van der Waals surface area contributed by atoms with Crippen molar-refractivity contribution in [2.75, 3.05) is 13.7 Å². The van der Waals surface area contributed by atoms with Gasteiger partial charge in [0.2, 0.25) is 5.43 Å². The average molecular weight is 412 g/mol. The highest BCUT2D eigenvalue weighted by Gasteiger charge is 2.32. The SMILES string of the molecule is COc1c(-c2cc3c(s2)C(O)CNC3)c(C2CC2)cc2c(=O)c(C(=O)O)c[nH]c12. The molecule has 7 nitrogen and oxygen atoms in total. The predicted octanol–water partition coefficient (Wildman–Crippen LogP) is 2.98. The Labute approximate surface area is 170 Å². The van der Waals surface area contributed by atoms with Gasteiger partial charge in [-0.25, -0.2) is 4.79 Å². The van der Waals surface area contributed by atoms with Crippen LogP contribution in [0.4, 0.5) is 0 Å². The number of H-pyrrole nitrogens is 1. The van der Waals surface area contributed by atoms with Crippen LogP contribution in [0.15, 0.2) is 23.1 Å². The van der Waals surface area contributed by atoms with Crippen molar-refractivity contribution in [2.45, 2.75) is 31.4 Å². The fourth-order valence-corrected chi connectivity index (χ4v) is 5.34. The summed E-state index contributed by atoms with van der Waals surface area (Å²) in [5, 5.41) is 23.2. The first-order chi connectivity index (χ1) is 14.0. The third kappa shape index (κ3) is 2.87. The normalized spacial score (nSPS) is 18.6. The van der Waals surface area contributed by atoms with Gasteiger partial charge in [-0.3, -0.25) is 4.79 Å². The van der Waals surface area contributed by atoms with Crippen molar-refractivity contribution in [3.8, 4) is 16.2 Å². The van der Waals surface area contributed by atoms with E-state index in [9.17, 15) is 19.8 Å². The molecule has 0 radical (unpaired) electrons. The number of aromatic carboxylic acids is 1. The van der Waals surface area contributed by atoms with E-state index in [2.05, 4.69) is 16.4 Å². The Hall–Kier alpha value is -2.68. The van der Waals surface area contributed by atoms with Gasteiger partial charge in [0, 0.05) is 34.6 Å². The van der Waals surface area contributed by atoms with Gasteiger partial charge >= 0.3 is 5.97 Å². The van der Waals surface area contributed by atoms with E-state index in [4.69, 9.17) is 4.74 Å². The number of aromatic amines is 1. The minimum atomic E-state index is -1.25. The number of fused-ring (bicyclic) bond motifs is 2. The number of methoxy groups -OCH3 is 1. The molecule has 5 rings (SSSR count). The Morgan fingerprint density at radius 3 is 2.76 bits per heavy atom. The minimum Gasteiger partial charge on any atom is -0.494 e. The summed E-state index contributed by atoms with van der Waals surface area (Å²) >= 11 is 1.55. The van der Waals surface area contributed by atoms with Gasteiger partial charge in [-0.1, -0.05) is 0 Å². The van der Waals surface area contributed by atoms with E-state index in [1.165, 1.54) is 6.20 Å². The Morgan fingerprint density at radius 1 is 1.31 bits per heavy atom. The van der Waals surface area contributed by atoms with Crippen LogP contribution >= 0.6 is 11.3 Å². The van der Waals surface area contributed by atoms with Crippen LogP contribution in [0.25, 0.3) is 21.3 Å². The Balaban J connectivity index is 1.81. The number of benzene rings is 1. The molecule has 1 aromatic carbocycles. The molecule has 0 bridgehead atoms. The molecule has 0 saturated heterocycles. The second kappa shape index (κ2) is 6.69. The van der Waals surface area contributed by atoms with Gasteiger partial charge < -0.3 is 25.3 Å². The molecule has 2 aromatic heterocycles. The number of hydrogen-bond donors (Lipinski definition) is 4. The maximum Gasteiger partial charge on any atom is 0.341 e. The summed E-state index contributed by atoms with van der Waals surface area (Å²) in [6.45, 7) is 1.24. The van der Waals surface area contributed by atoms with Gasteiger partial charge in [0.25, 0.3) is 0 Å². The Morgan fingerprint density at radius 2 is 2.10 bits per heavy atom.